The number of oxime groups is 1. The molecule has 0 unspecified atom stereocenters. The molecule has 5 nitrogen and oxygen atoms in total. The van der Waals surface area contributed by atoms with Crippen LogP contribution in [0.3, 0.4) is 0 Å². The molecule has 0 atom stereocenters. The van der Waals surface area contributed by atoms with Gasteiger partial charge in [-0.2, -0.15) is 0 Å². The van der Waals surface area contributed by atoms with E-state index in [-0.39, 0.29) is 22.4 Å². The van der Waals surface area contributed by atoms with E-state index in [9.17, 15) is 14.8 Å². The lowest BCUT2D eigenvalue weighted by atomic mass is 9.67. The van der Waals surface area contributed by atoms with Crippen molar-refractivity contribution in [2.24, 2.45) is 5.16 Å². The van der Waals surface area contributed by atoms with Crippen LogP contribution in [0.15, 0.2) is 47.8 Å². The zero-order chi connectivity index (χ0) is 23.3. The monoisotopic (exact) mass is 430 g/mol. The van der Waals surface area contributed by atoms with Gasteiger partial charge in [-0.25, -0.2) is 0 Å². The Morgan fingerprint density at radius 2 is 1.59 bits per heavy atom. The number of aryl methyl sites for hydroxylation is 1. The van der Waals surface area contributed by atoms with Crippen LogP contribution in [0.2, 0.25) is 0 Å². The summed E-state index contributed by atoms with van der Waals surface area (Å²) in [5.74, 6) is -0.814. The third kappa shape index (κ3) is 3.70. The fourth-order valence-corrected chi connectivity index (χ4v) is 4.86. The van der Waals surface area contributed by atoms with E-state index >= 15 is 0 Å². The first-order chi connectivity index (χ1) is 15.0. The van der Waals surface area contributed by atoms with Gasteiger partial charge in [-0.05, 0) is 47.7 Å². The predicted octanol–water partition coefficient (Wildman–Crippen LogP) is 5.15. The van der Waals surface area contributed by atoms with Crippen molar-refractivity contribution in [3.05, 3.63) is 76.1 Å². The minimum atomic E-state index is -0.722. The number of Topliss-reactive ketones (excluding diaryl/α,β-unsaturated/α-hetero) is 2. The summed E-state index contributed by atoms with van der Waals surface area (Å²) in [6, 6.07) is 7.76. The summed E-state index contributed by atoms with van der Waals surface area (Å²) in [4.78, 5) is 29.0. The Hall–Kier alpha value is -3.08. The van der Waals surface area contributed by atoms with E-state index in [0.717, 1.165) is 11.1 Å². The van der Waals surface area contributed by atoms with Gasteiger partial charge in [0, 0.05) is 35.4 Å². The second kappa shape index (κ2) is 7.80. The first-order valence-corrected chi connectivity index (χ1v) is 11.2. The van der Waals surface area contributed by atoms with Crippen LogP contribution in [-0.4, -0.2) is 27.5 Å². The molecule has 1 aromatic heterocycles. The minimum absolute atomic E-state index is 0.0460. The molecule has 166 valence electrons. The lowest BCUT2D eigenvalue weighted by Gasteiger charge is -2.37. The molecule has 0 spiro atoms. The second-order valence-corrected chi connectivity index (χ2v) is 10.1. The zero-order valence-electron chi connectivity index (χ0n) is 19.4. The summed E-state index contributed by atoms with van der Waals surface area (Å²) in [6.45, 7) is 10.8. The smallest absolute Gasteiger partial charge is 0.147 e. The molecule has 0 bridgehead atoms. The SMILES string of the molecule is Cc1cc2c(cc1/C(=N/O)c1ccc(C3C(=O)CCCC3=O)cn1)C(C)(C)C=CC2(C)C. The molecule has 32 heavy (non-hydrogen) atoms. The maximum Gasteiger partial charge on any atom is 0.147 e. The Morgan fingerprint density at radius 1 is 1.00 bits per heavy atom. The first-order valence-electron chi connectivity index (χ1n) is 11.2. The molecule has 1 N–H and O–H groups in total. The van der Waals surface area contributed by atoms with Crippen LogP contribution in [0.5, 0.6) is 0 Å². The van der Waals surface area contributed by atoms with E-state index < -0.39 is 5.92 Å². The average molecular weight is 431 g/mol. The number of rotatable bonds is 3. The van der Waals surface area contributed by atoms with E-state index in [2.05, 4.69) is 62.1 Å². The molecule has 1 heterocycles. The van der Waals surface area contributed by atoms with Gasteiger partial charge >= 0.3 is 0 Å². The van der Waals surface area contributed by atoms with Gasteiger partial charge in [0.2, 0.25) is 0 Å². The summed E-state index contributed by atoms with van der Waals surface area (Å²) >= 11 is 0. The van der Waals surface area contributed by atoms with E-state index in [1.54, 1.807) is 18.3 Å². The standard InChI is InChI=1S/C27H30N2O3/c1-16-13-19-20(27(4,5)12-11-26(19,2)3)14-18(16)25(29-32)21-10-9-17(15-28-21)24-22(30)7-6-8-23(24)31/h9-15,24,32H,6-8H2,1-5H3/b29-25-. The number of carbonyl (C=O) groups is 2. The van der Waals surface area contributed by atoms with Gasteiger partial charge in [0.15, 0.2) is 0 Å². The van der Waals surface area contributed by atoms with Crippen molar-refractivity contribution in [3.63, 3.8) is 0 Å². The van der Waals surface area contributed by atoms with Gasteiger partial charge in [-0.1, -0.05) is 57.1 Å². The van der Waals surface area contributed by atoms with Gasteiger partial charge in [0.05, 0.1) is 5.69 Å². The van der Waals surface area contributed by atoms with E-state index in [1.807, 2.05) is 6.92 Å². The molecule has 1 fully saturated rings. The quantitative estimate of drug-likeness (QED) is 0.240. The zero-order valence-corrected chi connectivity index (χ0v) is 19.4. The second-order valence-electron chi connectivity index (χ2n) is 10.1. The van der Waals surface area contributed by atoms with E-state index in [1.165, 1.54) is 11.1 Å². The summed E-state index contributed by atoms with van der Waals surface area (Å²) in [5.41, 5.74) is 5.53. The molecule has 0 amide bonds. The van der Waals surface area contributed by atoms with Crippen molar-refractivity contribution in [2.45, 2.75) is 70.6 Å². The molecule has 2 aromatic rings. The van der Waals surface area contributed by atoms with Crippen LogP contribution in [0.1, 0.15) is 86.4 Å². The van der Waals surface area contributed by atoms with Crippen molar-refractivity contribution >= 4 is 17.3 Å². The maximum absolute atomic E-state index is 12.3. The van der Waals surface area contributed by atoms with Gasteiger partial charge in [0.25, 0.3) is 0 Å². The molecular weight excluding hydrogens is 400 g/mol. The third-order valence-electron chi connectivity index (χ3n) is 6.88. The van der Waals surface area contributed by atoms with Crippen LogP contribution >= 0.6 is 0 Å². The Bertz CT molecular complexity index is 1140. The lowest BCUT2D eigenvalue weighted by molar-refractivity contribution is -0.131. The highest BCUT2D eigenvalue weighted by Crippen LogP contribution is 2.42. The number of nitrogens with zero attached hydrogens (tertiary/aromatic N) is 2. The number of hydrogen-bond acceptors (Lipinski definition) is 5. The Morgan fingerprint density at radius 3 is 2.12 bits per heavy atom. The van der Waals surface area contributed by atoms with Crippen molar-refractivity contribution in [1.29, 1.82) is 0 Å². The van der Waals surface area contributed by atoms with Crippen molar-refractivity contribution in [2.75, 3.05) is 0 Å². The summed E-state index contributed by atoms with van der Waals surface area (Å²) in [7, 11) is 0. The molecule has 0 aliphatic heterocycles. The van der Waals surface area contributed by atoms with Gasteiger partial charge in [-0.3, -0.25) is 14.6 Å². The minimum Gasteiger partial charge on any atom is -0.410 e. The van der Waals surface area contributed by atoms with Crippen LogP contribution in [-0.2, 0) is 20.4 Å². The number of allylic oxidation sites excluding steroid dienone is 2. The summed E-state index contributed by atoms with van der Waals surface area (Å²) < 4.78 is 0. The lowest BCUT2D eigenvalue weighted by Crippen LogP contribution is -2.30. The third-order valence-corrected chi connectivity index (χ3v) is 6.88. The van der Waals surface area contributed by atoms with Crippen LogP contribution < -0.4 is 0 Å². The topological polar surface area (TPSA) is 79.6 Å². The number of ketones is 2. The number of benzene rings is 1. The van der Waals surface area contributed by atoms with Gasteiger partial charge < -0.3 is 5.21 Å². The molecule has 0 radical (unpaired) electrons. The van der Waals surface area contributed by atoms with E-state index in [0.29, 0.717) is 36.2 Å². The molecule has 5 heteroatoms. The molecule has 1 aromatic carbocycles. The summed E-state index contributed by atoms with van der Waals surface area (Å²) in [5, 5.41) is 13.5. The highest BCUT2D eigenvalue weighted by atomic mass is 16.4. The van der Waals surface area contributed by atoms with Crippen LogP contribution in [0, 0.1) is 6.92 Å². The number of carbonyl (C=O) groups excluding carboxylic acids is 2. The van der Waals surface area contributed by atoms with Crippen molar-refractivity contribution in [3.8, 4) is 0 Å². The molecule has 1 saturated carbocycles. The number of hydrogen-bond donors (Lipinski definition) is 1. The first kappa shape index (κ1) is 22.1. The van der Waals surface area contributed by atoms with E-state index in [4.69, 9.17) is 0 Å². The number of aromatic nitrogens is 1. The van der Waals surface area contributed by atoms with Gasteiger partial charge in [0.1, 0.15) is 23.2 Å². The Labute approximate surface area is 189 Å². The average Bonchev–Trinajstić information content (AvgIpc) is 2.74. The van der Waals surface area contributed by atoms with Gasteiger partial charge in [-0.15, -0.1) is 0 Å². The summed E-state index contributed by atoms with van der Waals surface area (Å²) in [6.07, 6.45) is 7.53. The van der Waals surface area contributed by atoms with Crippen molar-refractivity contribution in [1.82, 2.24) is 4.98 Å². The molecule has 0 saturated heterocycles. The van der Waals surface area contributed by atoms with Crippen LogP contribution in [0.25, 0.3) is 0 Å². The largest absolute Gasteiger partial charge is 0.410 e. The fraction of sp³-hybridized carbons (Fsp3) is 0.407. The highest BCUT2D eigenvalue weighted by molar-refractivity contribution is 6.13. The fourth-order valence-electron chi connectivity index (χ4n) is 4.86. The number of fused-ring (bicyclic) bond motifs is 1. The van der Waals surface area contributed by atoms with Crippen LogP contribution in [0.4, 0.5) is 0 Å². The van der Waals surface area contributed by atoms with Crippen molar-refractivity contribution < 1.29 is 14.8 Å². The normalized spacial score (nSPS) is 20.3. The maximum atomic E-state index is 12.3. The molecular formula is C27H30N2O3. The molecule has 2 aliphatic rings. The molecule has 2 aliphatic carbocycles. The predicted molar refractivity (Wildman–Crippen MR) is 125 cm³/mol. The Kier molecular flexibility index (Phi) is 5.40. The Balaban J connectivity index is 1.74. The number of pyridine rings is 1. The highest BCUT2D eigenvalue weighted by Gasteiger charge is 2.34. The molecule has 4 rings (SSSR count).